The molecular formula is C82H88F3N7O12. The highest BCUT2D eigenvalue weighted by Gasteiger charge is 2.46. The minimum Gasteiger partial charge on any atom is -0.508 e. The Balaban J connectivity index is 0.000000123. The van der Waals surface area contributed by atoms with Gasteiger partial charge in [-0.25, -0.2) is 13.2 Å². The van der Waals surface area contributed by atoms with Crippen LogP contribution in [0.1, 0.15) is 98.4 Å². The van der Waals surface area contributed by atoms with Gasteiger partial charge in [-0.2, -0.15) is 0 Å². The van der Waals surface area contributed by atoms with Crippen molar-refractivity contribution in [3.05, 3.63) is 222 Å². The molecule has 8 aliphatic rings. The van der Waals surface area contributed by atoms with E-state index in [0.29, 0.717) is 94.0 Å². The third-order valence-corrected chi connectivity index (χ3v) is 21.8. The number of likely N-dealkylation sites (tertiary alicyclic amines) is 4. The van der Waals surface area contributed by atoms with Crippen LogP contribution in [-0.4, -0.2) is 181 Å². The van der Waals surface area contributed by atoms with Gasteiger partial charge in [0.05, 0.1) is 69.2 Å². The smallest absolute Gasteiger partial charge is 0.176 e. The van der Waals surface area contributed by atoms with E-state index in [0.717, 1.165) is 133 Å². The van der Waals surface area contributed by atoms with Crippen LogP contribution in [0.15, 0.2) is 177 Å². The summed E-state index contributed by atoms with van der Waals surface area (Å²) in [4.78, 5) is 70.5. The number of ketones is 4. The molecule has 8 aromatic rings. The quantitative estimate of drug-likeness (QED) is 0.0519. The Labute approximate surface area is 603 Å². The van der Waals surface area contributed by atoms with Gasteiger partial charge < -0.3 is 39.4 Å². The molecule has 4 saturated carbocycles. The summed E-state index contributed by atoms with van der Waals surface area (Å²) in [5.74, 6) is 5.12. The van der Waals surface area contributed by atoms with Gasteiger partial charge in [-0.1, -0.05) is 6.07 Å². The molecule has 19 nitrogen and oxygen atoms in total. The van der Waals surface area contributed by atoms with Crippen LogP contribution in [0.4, 0.5) is 13.2 Å². The van der Waals surface area contributed by atoms with Gasteiger partial charge in [0.15, 0.2) is 46.3 Å². The van der Waals surface area contributed by atoms with Crippen LogP contribution < -0.4 is 18.9 Å². The normalized spacial score (nSPS) is 25.2. The number of carbonyl (C=O) groups is 4. The van der Waals surface area contributed by atoms with E-state index >= 15 is 0 Å². The lowest BCUT2D eigenvalue weighted by atomic mass is 10.0. The number of phenols is 4. The molecule has 8 fully saturated rings. The molecule has 5 aromatic carbocycles. The van der Waals surface area contributed by atoms with E-state index in [-0.39, 0.29) is 78.0 Å². The van der Waals surface area contributed by atoms with Gasteiger partial charge in [0, 0.05) is 99.3 Å². The van der Waals surface area contributed by atoms with Crippen molar-refractivity contribution < 1.29 is 71.7 Å². The van der Waals surface area contributed by atoms with Crippen LogP contribution in [0, 0.1) is 71.7 Å². The molecule has 0 spiro atoms. The number of benzene rings is 5. The predicted octanol–water partition coefficient (Wildman–Crippen LogP) is 12.4. The van der Waals surface area contributed by atoms with Gasteiger partial charge in [-0.05, 0) is 239 Å². The topological polar surface area (TPSA) is 238 Å². The molecule has 544 valence electrons. The van der Waals surface area contributed by atoms with Gasteiger partial charge in [0.2, 0.25) is 0 Å². The van der Waals surface area contributed by atoms with Crippen LogP contribution in [0.3, 0.4) is 0 Å². The zero-order valence-corrected chi connectivity index (χ0v) is 58.1. The minimum atomic E-state index is -0.760. The highest BCUT2D eigenvalue weighted by Crippen LogP contribution is 2.44. The molecule has 4 unspecified atom stereocenters. The number of pyridine rings is 3. The van der Waals surface area contributed by atoms with Crippen LogP contribution in [-0.2, 0) is 0 Å². The van der Waals surface area contributed by atoms with Crippen molar-refractivity contribution in [3.63, 3.8) is 0 Å². The van der Waals surface area contributed by atoms with Gasteiger partial charge in [-0.15, -0.1) is 0 Å². The second-order valence-electron chi connectivity index (χ2n) is 29.3. The molecule has 4 N–H and O–H groups in total. The fraction of sp³-hybridized carbons (Fsp3) is 0.402. The maximum Gasteiger partial charge on any atom is 0.176 e. The molecule has 12 atom stereocenters. The molecule has 0 bridgehead atoms. The van der Waals surface area contributed by atoms with Crippen molar-refractivity contribution in [2.75, 3.05) is 78.5 Å². The number of aromatic nitrogens is 3. The first kappa shape index (κ1) is 72.6. The summed E-state index contributed by atoms with van der Waals surface area (Å²) < 4.78 is 64.6. The third kappa shape index (κ3) is 19.0. The maximum atomic E-state index is 13.7. The standard InChI is InChI=1S/C22H24FNO3.2C20H21FN2O3.C20H22N2O3/c1-14-2-7-19(10-21(14)23)27-20-8-16-11-24(12-17(16)9-20)13-22(26)15-3-5-18(25)6-4-15;2*21-18-8-13(3-4-19(18)24)20(25)12-23-10-14-6-17(7-15(14)11-23)26-16-2-1-5-22-9-16;23-17-5-3-14(4-6-17)20(24)13-22-11-15-8-19(9-16(15)12-22)25-18-2-1-7-21-10-18/h2-7,10,16-17,20,25H,8-9,11-13H2,1H3;2*1-5,8-9,14-15,17,24H,6-7,10-12H2;1-7,10,15-16,19,23H,8-9,11-13H2/t16-,17+,20?;2*14-,15+,17?;15-,16+,19?. The Hall–Kier alpha value is -9.74. The Morgan fingerprint density at radius 1 is 0.356 bits per heavy atom. The number of fused-ring (bicyclic) bond motifs is 4. The van der Waals surface area contributed by atoms with E-state index in [4.69, 9.17) is 18.9 Å². The monoisotopic (exact) mass is 1420 g/mol. The summed E-state index contributed by atoms with van der Waals surface area (Å²) in [6, 6.07) is 37.0. The minimum absolute atomic E-state index is 0.0814. The first-order valence-electron chi connectivity index (χ1n) is 36.0. The maximum absolute atomic E-state index is 13.7. The number of phenolic OH excluding ortho intramolecular Hbond substituents is 4. The van der Waals surface area contributed by atoms with Crippen LogP contribution in [0.2, 0.25) is 0 Å². The lowest BCUT2D eigenvalue weighted by Gasteiger charge is -2.19. The molecule has 3 aromatic heterocycles. The largest absolute Gasteiger partial charge is 0.508 e. The number of halogens is 3. The van der Waals surface area contributed by atoms with E-state index in [1.807, 2.05) is 42.5 Å². The number of ether oxygens (including phenoxy) is 4. The summed E-state index contributed by atoms with van der Waals surface area (Å²) >= 11 is 0. The van der Waals surface area contributed by atoms with E-state index in [9.17, 15) is 52.8 Å². The predicted molar refractivity (Wildman–Crippen MR) is 382 cm³/mol. The number of carbonyl (C=O) groups excluding carboxylic acids is 4. The molecule has 104 heavy (non-hydrogen) atoms. The molecule has 0 amide bonds. The van der Waals surface area contributed by atoms with Crippen LogP contribution in [0.5, 0.6) is 46.0 Å². The summed E-state index contributed by atoms with van der Waals surface area (Å²) in [7, 11) is 0. The van der Waals surface area contributed by atoms with E-state index in [1.165, 1.54) is 30.3 Å². The first-order valence-corrected chi connectivity index (χ1v) is 36.0. The first-order chi connectivity index (χ1) is 50.3. The number of hydrogen-bond donors (Lipinski definition) is 4. The zero-order chi connectivity index (χ0) is 72.4. The lowest BCUT2D eigenvalue weighted by Crippen LogP contribution is -2.30. The Kier molecular flexibility index (Phi) is 23.3. The molecule has 22 heteroatoms. The summed E-state index contributed by atoms with van der Waals surface area (Å²) in [6.45, 7) is 10.3. The van der Waals surface area contributed by atoms with Crippen molar-refractivity contribution in [2.24, 2.45) is 47.3 Å². The number of hydrogen-bond acceptors (Lipinski definition) is 19. The molecule has 4 aliphatic carbocycles. The zero-order valence-electron chi connectivity index (χ0n) is 58.1. The Morgan fingerprint density at radius 2 is 0.635 bits per heavy atom. The average Bonchev–Trinajstić information content (AvgIpc) is 1.62. The number of aryl methyl sites for hydroxylation is 1. The second-order valence-corrected chi connectivity index (χ2v) is 29.3. The summed E-state index contributed by atoms with van der Waals surface area (Å²) in [5.41, 5.74) is 2.52. The van der Waals surface area contributed by atoms with E-state index in [2.05, 4.69) is 34.6 Å². The SMILES string of the molecule is Cc1ccc(OC2C[C@@H]3CN(CC(=O)c4ccc(O)cc4)C[C@@H]3C2)cc1F.O=C(CN1C[C@H]2CC(Oc3cccnc3)C[C@H]2C1)c1ccc(O)c(F)c1.O=C(CN1C[C@H]2CC(Oc3cccnc3)C[C@H]2C1)c1ccc(O)c(F)c1.O=C(CN1C[C@H]2CC(Oc3cccnc3)C[C@H]2C1)c1ccc(O)cc1. The third-order valence-electron chi connectivity index (χ3n) is 21.8. The van der Waals surface area contributed by atoms with Gasteiger partial charge in [0.25, 0.3) is 0 Å². The number of nitrogens with zero attached hydrogens (tertiary/aromatic N) is 7. The second kappa shape index (κ2) is 33.4. The lowest BCUT2D eigenvalue weighted by molar-refractivity contribution is 0.0927. The van der Waals surface area contributed by atoms with Crippen LogP contribution >= 0.6 is 0 Å². The number of Topliss-reactive ketones (excluding diaryl/α,β-unsaturated/α-hetero) is 4. The Bertz CT molecular complexity index is 4060. The average molecular weight is 1420 g/mol. The summed E-state index contributed by atoms with van der Waals surface area (Å²) in [5, 5.41) is 37.1. The fourth-order valence-corrected chi connectivity index (χ4v) is 16.8. The van der Waals surface area contributed by atoms with Crippen molar-refractivity contribution in [2.45, 2.75) is 82.7 Å². The van der Waals surface area contributed by atoms with E-state index < -0.39 is 23.1 Å². The molecule has 16 rings (SSSR count). The fourth-order valence-electron chi connectivity index (χ4n) is 16.8. The van der Waals surface area contributed by atoms with Crippen LogP contribution in [0.25, 0.3) is 0 Å². The van der Waals surface area contributed by atoms with Crippen molar-refractivity contribution in [3.8, 4) is 46.0 Å². The molecule has 0 radical (unpaired) electrons. The van der Waals surface area contributed by atoms with Gasteiger partial charge in [-0.3, -0.25) is 53.7 Å². The highest BCUT2D eigenvalue weighted by molar-refractivity contribution is 5.99. The number of aromatic hydroxyl groups is 4. The van der Waals surface area contributed by atoms with Crippen molar-refractivity contribution in [1.29, 1.82) is 0 Å². The highest BCUT2D eigenvalue weighted by atomic mass is 19.1. The molecule has 7 heterocycles. The van der Waals surface area contributed by atoms with Crippen molar-refractivity contribution >= 4 is 23.1 Å². The van der Waals surface area contributed by atoms with E-state index in [1.54, 1.807) is 98.7 Å². The van der Waals surface area contributed by atoms with Crippen molar-refractivity contribution in [1.82, 2.24) is 34.6 Å². The Morgan fingerprint density at radius 3 is 0.904 bits per heavy atom. The molecule has 4 saturated heterocycles. The molecular weight excluding hydrogens is 1330 g/mol. The summed E-state index contributed by atoms with van der Waals surface area (Å²) in [6.07, 6.45) is 19.1. The van der Waals surface area contributed by atoms with Gasteiger partial charge in [0.1, 0.15) is 40.3 Å². The van der Waals surface area contributed by atoms with Gasteiger partial charge >= 0.3 is 0 Å². The molecule has 4 aliphatic heterocycles. The number of rotatable bonds is 20.